The van der Waals surface area contributed by atoms with Gasteiger partial charge in [0.15, 0.2) is 11.5 Å². The molecule has 1 aromatic carbocycles. The lowest BCUT2D eigenvalue weighted by Gasteiger charge is -2.13. The van der Waals surface area contributed by atoms with E-state index in [1.807, 2.05) is 18.2 Å². The Morgan fingerprint density at radius 2 is 2.05 bits per heavy atom. The molecule has 0 spiro atoms. The molecule has 0 saturated heterocycles. The molecule has 0 atom stereocenters. The highest BCUT2D eigenvalue weighted by Gasteiger charge is 2.15. The van der Waals surface area contributed by atoms with Gasteiger partial charge in [0.1, 0.15) is 5.01 Å². The Morgan fingerprint density at radius 1 is 1.24 bits per heavy atom. The van der Waals surface area contributed by atoms with E-state index in [4.69, 9.17) is 14.5 Å². The first-order valence-electron chi connectivity index (χ1n) is 7.38. The van der Waals surface area contributed by atoms with Crippen LogP contribution in [0.4, 0.5) is 0 Å². The maximum absolute atomic E-state index is 5.42. The molecule has 0 fully saturated rings. The average Bonchev–Trinajstić information content (AvgIpc) is 3.16. The number of hydrogen-bond acceptors (Lipinski definition) is 5. The van der Waals surface area contributed by atoms with Gasteiger partial charge in [-0.25, -0.2) is 4.98 Å². The van der Waals surface area contributed by atoms with Crippen LogP contribution in [0, 0.1) is 0 Å². The molecular weight excluding hydrogens is 284 g/mol. The molecule has 0 radical (unpaired) electrons. The van der Waals surface area contributed by atoms with Crippen molar-refractivity contribution in [1.29, 1.82) is 0 Å². The third-order valence-corrected chi connectivity index (χ3v) is 4.67. The van der Waals surface area contributed by atoms with E-state index < -0.39 is 0 Å². The summed E-state index contributed by atoms with van der Waals surface area (Å²) in [4.78, 5) is 4.71. The third kappa shape index (κ3) is 3.19. The monoisotopic (exact) mass is 304 g/mol. The van der Waals surface area contributed by atoms with Gasteiger partial charge in [0, 0.05) is 23.5 Å². The Hall–Kier alpha value is -1.59. The zero-order valence-electron chi connectivity index (χ0n) is 12.4. The molecule has 112 valence electrons. The van der Waals surface area contributed by atoms with Crippen LogP contribution in [0.15, 0.2) is 23.6 Å². The zero-order valence-corrected chi connectivity index (χ0v) is 13.2. The highest BCUT2D eigenvalue weighted by Crippen LogP contribution is 2.36. The molecule has 4 nitrogen and oxygen atoms in total. The first-order valence-corrected chi connectivity index (χ1v) is 8.26. The molecule has 1 aromatic heterocycles. The second-order valence-electron chi connectivity index (χ2n) is 5.11. The molecule has 2 heterocycles. The smallest absolute Gasteiger partial charge is 0.231 e. The van der Waals surface area contributed by atoms with Gasteiger partial charge < -0.3 is 14.8 Å². The van der Waals surface area contributed by atoms with Crippen LogP contribution in [0.25, 0.3) is 10.6 Å². The molecular formula is C16H20N2O2S. The summed E-state index contributed by atoms with van der Waals surface area (Å²) in [6.45, 7) is 5.55. The lowest BCUT2D eigenvalue weighted by Crippen LogP contribution is -2.27. The summed E-state index contributed by atoms with van der Waals surface area (Å²) >= 11 is 1.67. The fourth-order valence-electron chi connectivity index (χ4n) is 2.38. The van der Waals surface area contributed by atoms with Gasteiger partial charge >= 0.3 is 0 Å². The predicted octanol–water partition coefficient (Wildman–Crippen LogP) is 3.82. The summed E-state index contributed by atoms with van der Waals surface area (Å²) in [6, 6.07) is 6.55. The van der Waals surface area contributed by atoms with Gasteiger partial charge in [-0.3, -0.25) is 0 Å². The van der Waals surface area contributed by atoms with Crippen LogP contribution in [0.3, 0.4) is 0 Å². The minimum Gasteiger partial charge on any atom is -0.454 e. The van der Waals surface area contributed by atoms with Gasteiger partial charge in [-0.15, -0.1) is 11.3 Å². The van der Waals surface area contributed by atoms with Crippen molar-refractivity contribution in [3.05, 3.63) is 29.3 Å². The van der Waals surface area contributed by atoms with Crippen LogP contribution in [-0.4, -0.2) is 17.8 Å². The number of aromatic nitrogens is 1. The Morgan fingerprint density at radius 3 is 2.86 bits per heavy atom. The van der Waals surface area contributed by atoms with Crippen molar-refractivity contribution < 1.29 is 9.47 Å². The van der Waals surface area contributed by atoms with Gasteiger partial charge in [0.25, 0.3) is 0 Å². The normalized spacial score (nSPS) is 13.1. The largest absolute Gasteiger partial charge is 0.454 e. The lowest BCUT2D eigenvalue weighted by molar-refractivity contribution is 0.174. The van der Waals surface area contributed by atoms with Gasteiger partial charge in [-0.1, -0.05) is 13.8 Å². The molecule has 1 N–H and O–H groups in total. The Labute approximate surface area is 129 Å². The standard InChI is InChI=1S/C16H20N2O2S/c1-3-12(4-2)17-8-13-9-21-16(18-13)11-5-6-14-15(7-11)20-10-19-14/h5-7,9,12,17H,3-4,8,10H2,1-2H3. The van der Waals surface area contributed by atoms with Gasteiger partial charge in [-0.2, -0.15) is 0 Å². The molecule has 1 aliphatic heterocycles. The maximum Gasteiger partial charge on any atom is 0.231 e. The lowest BCUT2D eigenvalue weighted by atomic mass is 10.2. The van der Waals surface area contributed by atoms with E-state index in [1.165, 1.54) is 0 Å². The highest BCUT2D eigenvalue weighted by atomic mass is 32.1. The summed E-state index contributed by atoms with van der Waals surface area (Å²) < 4.78 is 10.8. The van der Waals surface area contributed by atoms with Crippen molar-refractivity contribution in [2.45, 2.75) is 39.3 Å². The van der Waals surface area contributed by atoms with Crippen LogP contribution in [0.5, 0.6) is 11.5 Å². The molecule has 0 unspecified atom stereocenters. The Kier molecular flexibility index (Phi) is 4.41. The Balaban J connectivity index is 1.70. The van der Waals surface area contributed by atoms with E-state index in [2.05, 4.69) is 24.5 Å². The molecule has 0 amide bonds. The molecule has 21 heavy (non-hydrogen) atoms. The van der Waals surface area contributed by atoms with E-state index in [0.29, 0.717) is 12.8 Å². The van der Waals surface area contributed by atoms with E-state index in [0.717, 1.165) is 47.2 Å². The summed E-state index contributed by atoms with van der Waals surface area (Å²) in [5.41, 5.74) is 2.18. The van der Waals surface area contributed by atoms with Crippen LogP contribution < -0.4 is 14.8 Å². The number of fused-ring (bicyclic) bond motifs is 1. The number of nitrogens with zero attached hydrogens (tertiary/aromatic N) is 1. The van der Waals surface area contributed by atoms with Crippen molar-refractivity contribution >= 4 is 11.3 Å². The number of rotatable bonds is 6. The molecule has 0 saturated carbocycles. The third-order valence-electron chi connectivity index (χ3n) is 3.73. The second kappa shape index (κ2) is 6.45. The van der Waals surface area contributed by atoms with Crippen LogP contribution in [0.1, 0.15) is 32.4 Å². The first kappa shape index (κ1) is 14.4. The number of hydrogen-bond donors (Lipinski definition) is 1. The van der Waals surface area contributed by atoms with E-state index in [9.17, 15) is 0 Å². The Bertz CT molecular complexity index is 608. The molecule has 5 heteroatoms. The highest BCUT2D eigenvalue weighted by molar-refractivity contribution is 7.13. The molecule has 2 aromatic rings. The minimum absolute atomic E-state index is 0.307. The maximum atomic E-state index is 5.42. The summed E-state index contributed by atoms with van der Waals surface area (Å²) in [6.07, 6.45) is 2.30. The molecule has 3 rings (SSSR count). The van der Waals surface area contributed by atoms with E-state index >= 15 is 0 Å². The average molecular weight is 304 g/mol. The van der Waals surface area contributed by atoms with Crippen molar-refractivity contribution in [2.24, 2.45) is 0 Å². The van der Waals surface area contributed by atoms with Crippen molar-refractivity contribution in [2.75, 3.05) is 6.79 Å². The SMILES string of the molecule is CCC(CC)NCc1csc(-c2ccc3c(c2)OCO3)n1. The van der Waals surface area contributed by atoms with E-state index in [-0.39, 0.29) is 0 Å². The molecule has 0 aliphatic carbocycles. The van der Waals surface area contributed by atoms with Gasteiger partial charge in [0.2, 0.25) is 6.79 Å². The first-order chi connectivity index (χ1) is 10.3. The number of ether oxygens (including phenoxy) is 2. The quantitative estimate of drug-likeness (QED) is 0.881. The number of thiazole rings is 1. The number of nitrogens with one attached hydrogen (secondary N) is 1. The predicted molar refractivity (Wildman–Crippen MR) is 84.9 cm³/mol. The number of benzene rings is 1. The van der Waals surface area contributed by atoms with Crippen LogP contribution in [-0.2, 0) is 6.54 Å². The topological polar surface area (TPSA) is 43.4 Å². The van der Waals surface area contributed by atoms with Crippen LogP contribution >= 0.6 is 11.3 Å². The molecule has 0 bridgehead atoms. The molecule has 1 aliphatic rings. The summed E-state index contributed by atoms with van der Waals surface area (Å²) in [5, 5.41) is 6.68. The van der Waals surface area contributed by atoms with Crippen LogP contribution in [0.2, 0.25) is 0 Å². The summed E-state index contributed by atoms with van der Waals surface area (Å²) in [5.74, 6) is 1.62. The minimum atomic E-state index is 0.307. The van der Waals surface area contributed by atoms with Gasteiger partial charge in [-0.05, 0) is 31.0 Å². The van der Waals surface area contributed by atoms with E-state index in [1.54, 1.807) is 11.3 Å². The second-order valence-corrected chi connectivity index (χ2v) is 5.96. The van der Waals surface area contributed by atoms with Crippen molar-refractivity contribution in [1.82, 2.24) is 10.3 Å². The summed E-state index contributed by atoms with van der Waals surface area (Å²) in [7, 11) is 0. The van der Waals surface area contributed by atoms with Crippen molar-refractivity contribution in [3.8, 4) is 22.1 Å². The fourth-order valence-corrected chi connectivity index (χ4v) is 3.19. The fraction of sp³-hybridized carbons (Fsp3) is 0.438. The zero-order chi connectivity index (χ0) is 14.7. The van der Waals surface area contributed by atoms with Crippen molar-refractivity contribution in [3.63, 3.8) is 0 Å². The van der Waals surface area contributed by atoms with Gasteiger partial charge in [0.05, 0.1) is 5.69 Å².